The second-order valence-corrected chi connectivity index (χ2v) is 13.2. The third-order valence-electron chi connectivity index (χ3n) is 10.0. The molecule has 0 bridgehead atoms. The Morgan fingerprint density at radius 1 is 0.480 bits per heavy atom. The standard InChI is InChI=1S/C27H19N.C20H18N2/c1-18-10-14-21(15-11-18)28-24-16-12-19-6-2-4-8-22(19)26(24)27-23-9-5-3-7-20(23)13-17-25(27)28;1-2-7-16(8-3-1)19-12-13-21-20(22-19)18-11-10-15-6-4-5-9-17(15)14-18/h2-17H,1H3;1-14,19-22H. The topological polar surface area (TPSA) is 29.0 Å². The van der Waals surface area contributed by atoms with Crippen LogP contribution in [0.3, 0.4) is 0 Å². The molecule has 9 aromatic rings. The minimum Gasteiger partial charge on any atom is -0.372 e. The normalized spacial score (nSPS) is 15.7. The van der Waals surface area contributed by atoms with Gasteiger partial charge in [0.1, 0.15) is 6.17 Å². The van der Waals surface area contributed by atoms with Crippen molar-refractivity contribution < 1.29 is 0 Å². The average Bonchev–Trinajstić information content (AvgIpc) is 3.54. The highest BCUT2D eigenvalue weighted by Gasteiger charge is 2.19. The van der Waals surface area contributed by atoms with Crippen molar-refractivity contribution in [2.75, 3.05) is 0 Å². The number of rotatable bonds is 3. The second kappa shape index (κ2) is 12.7. The predicted molar refractivity (Wildman–Crippen MR) is 212 cm³/mol. The fourth-order valence-electron chi connectivity index (χ4n) is 7.50. The fourth-order valence-corrected chi connectivity index (χ4v) is 7.50. The molecule has 240 valence electrons. The van der Waals surface area contributed by atoms with Crippen LogP contribution >= 0.6 is 0 Å². The molecule has 50 heavy (non-hydrogen) atoms. The lowest BCUT2D eigenvalue weighted by Gasteiger charge is -2.29. The van der Waals surface area contributed by atoms with Crippen LogP contribution in [0.1, 0.15) is 28.9 Å². The molecule has 2 unspecified atom stereocenters. The van der Waals surface area contributed by atoms with Crippen molar-refractivity contribution in [2.45, 2.75) is 19.1 Å². The minimum absolute atomic E-state index is 0.125. The van der Waals surface area contributed by atoms with Gasteiger partial charge in [-0.2, -0.15) is 0 Å². The Balaban J connectivity index is 0.000000139. The van der Waals surface area contributed by atoms with Gasteiger partial charge in [-0.1, -0.05) is 145 Å². The van der Waals surface area contributed by atoms with Gasteiger partial charge in [0.15, 0.2) is 0 Å². The molecule has 0 amide bonds. The number of aryl methyl sites for hydroxylation is 1. The zero-order valence-electron chi connectivity index (χ0n) is 27.9. The van der Waals surface area contributed by atoms with Crippen molar-refractivity contribution in [3.05, 3.63) is 199 Å². The number of fused-ring (bicyclic) bond motifs is 8. The van der Waals surface area contributed by atoms with Gasteiger partial charge in [-0.05, 0) is 93.0 Å². The first-order valence-electron chi connectivity index (χ1n) is 17.3. The summed E-state index contributed by atoms with van der Waals surface area (Å²) < 4.78 is 2.41. The van der Waals surface area contributed by atoms with E-state index >= 15 is 0 Å². The van der Waals surface area contributed by atoms with Crippen LogP contribution in [0.4, 0.5) is 0 Å². The van der Waals surface area contributed by atoms with Crippen LogP contribution in [0.5, 0.6) is 0 Å². The summed E-state index contributed by atoms with van der Waals surface area (Å²) in [5, 5.41) is 17.5. The highest BCUT2D eigenvalue weighted by Crippen LogP contribution is 2.40. The van der Waals surface area contributed by atoms with Crippen molar-refractivity contribution in [1.82, 2.24) is 15.2 Å². The Bertz CT molecular complexity index is 2570. The van der Waals surface area contributed by atoms with Crippen LogP contribution in [0.25, 0.3) is 59.8 Å². The molecule has 2 heterocycles. The molecule has 2 atom stereocenters. The van der Waals surface area contributed by atoms with Crippen LogP contribution in [0.15, 0.2) is 182 Å². The number of benzene rings is 8. The second-order valence-electron chi connectivity index (χ2n) is 13.2. The summed E-state index contributed by atoms with van der Waals surface area (Å²) in [4.78, 5) is 0. The fraction of sp³-hybridized carbons (Fsp3) is 0.0638. The summed E-state index contributed by atoms with van der Waals surface area (Å²) in [5.74, 6) is 0. The van der Waals surface area contributed by atoms with E-state index in [9.17, 15) is 0 Å². The number of hydrogen-bond acceptors (Lipinski definition) is 2. The monoisotopic (exact) mass is 643 g/mol. The first-order valence-corrected chi connectivity index (χ1v) is 17.3. The lowest BCUT2D eigenvalue weighted by atomic mass is 10.00. The minimum atomic E-state index is 0.125. The Hall–Kier alpha value is -6.16. The summed E-state index contributed by atoms with van der Waals surface area (Å²) in [7, 11) is 0. The van der Waals surface area contributed by atoms with E-state index in [-0.39, 0.29) is 12.2 Å². The van der Waals surface area contributed by atoms with E-state index < -0.39 is 0 Å². The van der Waals surface area contributed by atoms with Gasteiger partial charge in [0.2, 0.25) is 0 Å². The molecule has 0 saturated carbocycles. The molecule has 2 N–H and O–H groups in total. The molecule has 1 aromatic heterocycles. The van der Waals surface area contributed by atoms with E-state index in [1.807, 2.05) is 6.20 Å². The van der Waals surface area contributed by atoms with E-state index in [2.05, 4.69) is 198 Å². The van der Waals surface area contributed by atoms with Gasteiger partial charge < -0.3 is 9.88 Å². The maximum Gasteiger partial charge on any atom is 0.103 e. The average molecular weight is 644 g/mol. The maximum absolute atomic E-state index is 3.65. The number of hydrogen-bond donors (Lipinski definition) is 2. The van der Waals surface area contributed by atoms with Crippen molar-refractivity contribution in [2.24, 2.45) is 0 Å². The zero-order chi connectivity index (χ0) is 33.4. The van der Waals surface area contributed by atoms with E-state index in [4.69, 9.17) is 0 Å². The zero-order valence-corrected chi connectivity index (χ0v) is 27.9. The Morgan fingerprint density at radius 3 is 1.70 bits per heavy atom. The molecule has 0 radical (unpaired) electrons. The molecule has 10 rings (SSSR count). The maximum atomic E-state index is 3.65. The van der Waals surface area contributed by atoms with Gasteiger partial charge in [-0.25, -0.2) is 0 Å². The SMILES string of the molecule is C1=CC(c2ccccc2)NC(c2ccc3ccccc3c2)N1.Cc1ccc(-n2c3ccc4ccccc4c3c3c4ccccc4ccc32)cc1. The van der Waals surface area contributed by atoms with Gasteiger partial charge in [-0.15, -0.1) is 0 Å². The van der Waals surface area contributed by atoms with Gasteiger partial charge >= 0.3 is 0 Å². The molecule has 8 aromatic carbocycles. The van der Waals surface area contributed by atoms with Crippen LogP contribution in [-0.4, -0.2) is 4.57 Å². The molecular weight excluding hydrogens is 607 g/mol. The third kappa shape index (κ3) is 5.38. The van der Waals surface area contributed by atoms with Crippen LogP contribution in [0, 0.1) is 6.92 Å². The Morgan fingerprint density at radius 2 is 1.04 bits per heavy atom. The number of aromatic nitrogens is 1. The van der Waals surface area contributed by atoms with Crippen molar-refractivity contribution >= 4 is 54.1 Å². The van der Waals surface area contributed by atoms with Crippen molar-refractivity contribution in [3.63, 3.8) is 0 Å². The van der Waals surface area contributed by atoms with E-state index in [0.29, 0.717) is 0 Å². The molecule has 0 saturated heterocycles. The van der Waals surface area contributed by atoms with Gasteiger partial charge in [0, 0.05) is 16.5 Å². The molecule has 3 nitrogen and oxygen atoms in total. The van der Waals surface area contributed by atoms with Gasteiger partial charge in [0.05, 0.1) is 17.1 Å². The molecule has 1 aliphatic heterocycles. The van der Waals surface area contributed by atoms with E-state index in [1.54, 1.807) is 0 Å². The van der Waals surface area contributed by atoms with Crippen LogP contribution < -0.4 is 10.6 Å². The molecule has 0 aliphatic carbocycles. The first kappa shape index (κ1) is 29.9. The smallest absolute Gasteiger partial charge is 0.103 e. The molecule has 0 spiro atoms. The van der Waals surface area contributed by atoms with Crippen LogP contribution in [-0.2, 0) is 0 Å². The third-order valence-corrected chi connectivity index (χ3v) is 10.0. The lowest BCUT2D eigenvalue weighted by molar-refractivity contribution is 0.433. The molecule has 0 fully saturated rings. The number of nitrogens with one attached hydrogen (secondary N) is 2. The molecular formula is C47H37N3. The molecule has 1 aliphatic rings. The summed E-state index contributed by atoms with van der Waals surface area (Å²) >= 11 is 0. The Labute approximate surface area is 292 Å². The van der Waals surface area contributed by atoms with Crippen molar-refractivity contribution in [3.8, 4) is 5.69 Å². The number of nitrogens with zero attached hydrogens (tertiary/aromatic N) is 1. The quantitative estimate of drug-likeness (QED) is 0.201. The highest BCUT2D eigenvalue weighted by atomic mass is 15.1. The molecule has 3 heteroatoms. The summed E-state index contributed by atoms with van der Waals surface area (Å²) in [6.45, 7) is 2.14. The van der Waals surface area contributed by atoms with Crippen molar-refractivity contribution in [1.29, 1.82) is 0 Å². The highest BCUT2D eigenvalue weighted by molar-refractivity contribution is 6.28. The summed E-state index contributed by atoms with van der Waals surface area (Å²) in [6, 6.07) is 61.1. The summed E-state index contributed by atoms with van der Waals surface area (Å²) in [5.41, 5.74) is 7.54. The van der Waals surface area contributed by atoms with Gasteiger partial charge in [-0.3, -0.25) is 5.32 Å². The lowest BCUT2D eigenvalue weighted by Crippen LogP contribution is -2.37. The Kier molecular flexibility index (Phi) is 7.61. The van der Waals surface area contributed by atoms with E-state index in [0.717, 1.165) is 0 Å². The summed E-state index contributed by atoms with van der Waals surface area (Å²) in [6.07, 6.45) is 4.33. The first-order chi connectivity index (χ1) is 24.7. The van der Waals surface area contributed by atoms with E-state index in [1.165, 1.54) is 76.5 Å². The van der Waals surface area contributed by atoms with Crippen LogP contribution in [0.2, 0.25) is 0 Å². The predicted octanol–water partition coefficient (Wildman–Crippen LogP) is 11.7. The largest absolute Gasteiger partial charge is 0.372 e. The van der Waals surface area contributed by atoms with Gasteiger partial charge in [0.25, 0.3) is 0 Å².